The van der Waals surface area contributed by atoms with E-state index in [2.05, 4.69) is 5.32 Å². The molecular weight excluding hydrogens is 532 g/mol. The van der Waals surface area contributed by atoms with Gasteiger partial charge in [-0.15, -0.1) is 23.1 Å². The minimum atomic E-state index is -0.700. The highest BCUT2D eigenvalue weighted by Gasteiger charge is 2.54. The first-order valence-corrected chi connectivity index (χ1v) is 13.8. The van der Waals surface area contributed by atoms with Crippen LogP contribution in [0.3, 0.4) is 0 Å². The maximum absolute atomic E-state index is 13.4. The van der Waals surface area contributed by atoms with Gasteiger partial charge in [-0.1, -0.05) is 41.9 Å². The average Bonchev–Trinajstić information content (AvgIpc) is 3.43. The van der Waals surface area contributed by atoms with Crippen molar-refractivity contribution in [1.29, 1.82) is 0 Å². The van der Waals surface area contributed by atoms with Crippen LogP contribution < -0.4 is 10.1 Å². The zero-order valence-electron chi connectivity index (χ0n) is 19.8. The predicted octanol–water partition coefficient (Wildman–Crippen LogP) is 4.51. The lowest BCUT2D eigenvalue weighted by molar-refractivity contribution is -0.153. The standard InChI is InChI=1S/C27H23ClN2O5S2/c1-34-19-10-4-16(5-11-19)14-35-27(33)24-21(17-6-8-18(28)9-7-17)15-37-26-23(25(32)30(24)26)29-22(31)13-20-3-2-12-36-20/h2-12,23,26H,13-15H2,1H3,(H,29,31)/t23-,26+/m1/s1. The molecule has 3 aromatic rings. The number of amides is 2. The Balaban J connectivity index is 1.36. The third kappa shape index (κ3) is 5.39. The Morgan fingerprint density at radius 1 is 1.11 bits per heavy atom. The zero-order chi connectivity index (χ0) is 25.9. The highest BCUT2D eigenvalue weighted by atomic mass is 35.5. The molecule has 2 aliphatic heterocycles. The number of halogens is 1. The fraction of sp³-hybridized carbons (Fsp3) is 0.222. The van der Waals surface area contributed by atoms with Crippen LogP contribution in [0.4, 0.5) is 0 Å². The van der Waals surface area contributed by atoms with Crippen molar-refractivity contribution in [1.82, 2.24) is 10.2 Å². The molecule has 2 amide bonds. The molecule has 1 saturated heterocycles. The molecule has 0 radical (unpaired) electrons. The summed E-state index contributed by atoms with van der Waals surface area (Å²) in [5.74, 6) is 0.0215. The second kappa shape index (κ2) is 11.0. The van der Waals surface area contributed by atoms with Crippen LogP contribution in [0.1, 0.15) is 16.0 Å². The number of carbonyl (C=O) groups excluding carboxylic acids is 3. The molecule has 7 nitrogen and oxygen atoms in total. The lowest BCUT2D eigenvalue weighted by Gasteiger charge is -2.49. The Morgan fingerprint density at radius 3 is 2.54 bits per heavy atom. The summed E-state index contributed by atoms with van der Waals surface area (Å²) in [6.07, 6.45) is 0.210. The van der Waals surface area contributed by atoms with Gasteiger partial charge < -0.3 is 14.8 Å². The molecular formula is C27H23ClN2O5S2. The van der Waals surface area contributed by atoms with E-state index in [0.717, 1.165) is 16.0 Å². The van der Waals surface area contributed by atoms with Crippen molar-refractivity contribution in [2.24, 2.45) is 0 Å². The van der Waals surface area contributed by atoms with Gasteiger partial charge in [0.15, 0.2) is 0 Å². The van der Waals surface area contributed by atoms with E-state index in [-0.39, 0.29) is 35.9 Å². The molecule has 10 heteroatoms. The molecule has 0 unspecified atom stereocenters. The van der Waals surface area contributed by atoms with Gasteiger partial charge in [0.25, 0.3) is 5.91 Å². The van der Waals surface area contributed by atoms with Crippen molar-refractivity contribution in [3.05, 3.63) is 92.8 Å². The van der Waals surface area contributed by atoms with Crippen LogP contribution >= 0.6 is 34.7 Å². The molecule has 0 aliphatic carbocycles. The fourth-order valence-electron chi connectivity index (χ4n) is 4.22. The number of carbonyl (C=O) groups is 3. The third-order valence-electron chi connectivity index (χ3n) is 6.11. The fourth-order valence-corrected chi connectivity index (χ4v) is 6.42. The lowest BCUT2D eigenvalue weighted by Crippen LogP contribution is -2.70. The number of hydrogen-bond acceptors (Lipinski definition) is 7. The smallest absolute Gasteiger partial charge is 0.355 e. The normalized spacial score (nSPS) is 18.6. The Bertz CT molecular complexity index is 1340. The van der Waals surface area contributed by atoms with Crippen molar-refractivity contribution >= 4 is 58.1 Å². The number of thiophene rings is 1. The summed E-state index contributed by atoms with van der Waals surface area (Å²) in [4.78, 5) is 41.6. The van der Waals surface area contributed by atoms with Crippen molar-refractivity contribution in [3.8, 4) is 5.75 Å². The first-order valence-electron chi connectivity index (χ1n) is 11.5. The number of esters is 1. The second-order valence-electron chi connectivity index (χ2n) is 8.47. The molecule has 37 heavy (non-hydrogen) atoms. The maximum Gasteiger partial charge on any atom is 0.355 e. The van der Waals surface area contributed by atoms with Gasteiger partial charge in [0.2, 0.25) is 5.91 Å². The monoisotopic (exact) mass is 554 g/mol. The maximum atomic E-state index is 13.4. The molecule has 1 aromatic heterocycles. The number of ether oxygens (including phenoxy) is 2. The van der Waals surface area contributed by atoms with Crippen LogP contribution in [0.25, 0.3) is 5.57 Å². The minimum absolute atomic E-state index is 0.0427. The summed E-state index contributed by atoms with van der Waals surface area (Å²) < 4.78 is 10.8. The number of methoxy groups -OCH3 is 1. The number of benzene rings is 2. The third-order valence-corrected chi connectivity index (χ3v) is 8.52. The molecule has 0 spiro atoms. The predicted molar refractivity (Wildman–Crippen MR) is 144 cm³/mol. The number of hydrogen-bond donors (Lipinski definition) is 1. The van der Waals surface area contributed by atoms with Crippen LogP contribution in [0.15, 0.2) is 71.7 Å². The van der Waals surface area contributed by atoms with E-state index >= 15 is 0 Å². The molecule has 0 saturated carbocycles. The van der Waals surface area contributed by atoms with Crippen molar-refractivity contribution in [2.75, 3.05) is 12.9 Å². The average molecular weight is 555 g/mol. The van der Waals surface area contributed by atoms with Crippen molar-refractivity contribution in [3.63, 3.8) is 0 Å². The molecule has 1 N–H and O–H groups in total. The molecule has 2 atom stereocenters. The summed E-state index contributed by atoms with van der Waals surface area (Å²) >= 11 is 9.06. The Kier molecular flexibility index (Phi) is 7.55. The first kappa shape index (κ1) is 25.4. The van der Waals surface area contributed by atoms with Gasteiger partial charge in [0, 0.05) is 21.2 Å². The zero-order valence-corrected chi connectivity index (χ0v) is 22.2. The number of fused-ring (bicyclic) bond motifs is 1. The van der Waals surface area contributed by atoms with Gasteiger partial charge >= 0.3 is 5.97 Å². The van der Waals surface area contributed by atoms with Crippen LogP contribution in [0, 0.1) is 0 Å². The summed E-state index contributed by atoms with van der Waals surface area (Å²) in [6.45, 7) is 0.0427. The molecule has 2 aromatic carbocycles. The number of nitrogens with one attached hydrogen (secondary N) is 1. The van der Waals surface area contributed by atoms with E-state index in [1.807, 2.05) is 41.8 Å². The molecule has 2 aliphatic rings. The van der Waals surface area contributed by atoms with Crippen LogP contribution in [-0.2, 0) is 32.1 Å². The van der Waals surface area contributed by atoms with Crippen LogP contribution in [0.5, 0.6) is 5.75 Å². The number of nitrogens with zero attached hydrogens (tertiary/aromatic N) is 1. The Morgan fingerprint density at radius 2 is 1.86 bits per heavy atom. The molecule has 0 bridgehead atoms. The minimum Gasteiger partial charge on any atom is -0.497 e. The van der Waals surface area contributed by atoms with Crippen molar-refractivity contribution < 1.29 is 23.9 Å². The Hall–Kier alpha value is -3.27. The number of thioether (sulfide) groups is 1. The van der Waals surface area contributed by atoms with Gasteiger partial charge in [-0.25, -0.2) is 4.79 Å². The molecule has 1 fully saturated rings. The molecule has 5 rings (SSSR count). The van der Waals surface area contributed by atoms with E-state index < -0.39 is 12.0 Å². The summed E-state index contributed by atoms with van der Waals surface area (Å²) in [6, 6.07) is 17.4. The van der Waals surface area contributed by atoms with Gasteiger partial charge in [-0.3, -0.25) is 14.5 Å². The highest BCUT2D eigenvalue weighted by Crippen LogP contribution is 2.43. The van der Waals surface area contributed by atoms with E-state index in [9.17, 15) is 14.4 Å². The SMILES string of the molecule is COc1ccc(COC(=O)C2=C(c3ccc(Cl)cc3)CS[C@H]3[C@H](NC(=O)Cc4cccs4)C(=O)N23)cc1. The highest BCUT2D eigenvalue weighted by molar-refractivity contribution is 8.00. The topological polar surface area (TPSA) is 84.9 Å². The first-order chi connectivity index (χ1) is 17.9. The quantitative estimate of drug-likeness (QED) is 0.326. The van der Waals surface area contributed by atoms with Gasteiger partial charge in [0.05, 0.1) is 13.5 Å². The molecule has 3 heterocycles. The van der Waals surface area contributed by atoms with Gasteiger partial charge in [-0.2, -0.15) is 0 Å². The lowest BCUT2D eigenvalue weighted by atomic mass is 9.98. The van der Waals surface area contributed by atoms with E-state index in [1.54, 1.807) is 31.4 Å². The van der Waals surface area contributed by atoms with Gasteiger partial charge in [0.1, 0.15) is 29.5 Å². The Labute approximate surface area is 227 Å². The van der Waals surface area contributed by atoms with E-state index in [0.29, 0.717) is 22.1 Å². The van der Waals surface area contributed by atoms with Crippen LogP contribution in [0.2, 0.25) is 5.02 Å². The molecule has 190 valence electrons. The summed E-state index contributed by atoms with van der Waals surface area (Å²) in [5.41, 5.74) is 2.46. The number of rotatable bonds is 8. The number of β-lactam (4-membered cyclic amide) rings is 1. The van der Waals surface area contributed by atoms with Gasteiger partial charge in [-0.05, 0) is 46.8 Å². The van der Waals surface area contributed by atoms with Crippen molar-refractivity contribution in [2.45, 2.75) is 24.4 Å². The summed E-state index contributed by atoms with van der Waals surface area (Å²) in [7, 11) is 1.58. The summed E-state index contributed by atoms with van der Waals surface area (Å²) in [5, 5.41) is 4.93. The van der Waals surface area contributed by atoms with Crippen LogP contribution in [-0.4, -0.2) is 47.0 Å². The second-order valence-corrected chi connectivity index (χ2v) is 11.0. The van der Waals surface area contributed by atoms with E-state index in [4.69, 9.17) is 21.1 Å². The largest absolute Gasteiger partial charge is 0.497 e. The van der Waals surface area contributed by atoms with E-state index in [1.165, 1.54) is 28.0 Å².